The van der Waals surface area contributed by atoms with E-state index < -0.39 is 11.8 Å². The van der Waals surface area contributed by atoms with E-state index in [1.165, 1.54) is 29.2 Å². The average Bonchev–Trinajstić information content (AvgIpc) is 3.63. The van der Waals surface area contributed by atoms with Crippen molar-refractivity contribution in [2.75, 3.05) is 23.0 Å². The van der Waals surface area contributed by atoms with E-state index in [2.05, 4.69) is 30.9 Å². The fraction of sp³-hybridized carbons (Fsp3) is 0.200. The molecule has 3 N–H and O–H groups in total. The third-order valence-corrected chi connectivity index (χ3v) is 6.95. The average molecular weight is 582 g/mol. The lowest BCUT2D eigenvalue weighted by Gasteiger charge is -2.18. The molecule has 0 fully saturated rings. The number of benzene rings is 2. The summed E-state index contributed by atoms with van der Waals surface area (Å²) in [5.41, 5.74) is 3.25. The predicted molar refractivity (Wildman–Crippen MR) is 163 cm³/mol. The molecular formula is C30H28FN9O3. The molecule has 12 nitrogen and oxygen atoms in total. The highest BCUT2D eigenvalue weighted by molar-refractivity contribution is 6.02. The van der Waals surface area contributed by atoms with Crippen LogP contribution in [0, 0.1) is 5.82 Å². The highest BCUT2D eigenvalue weighted by Crippen LogP contribution is 2.32. The Bertz CT molecular complexity index is 2090. The summed E-state index contributed by atoms with van der Waals surface area (Å²) in [6, 6.07) is 10.5. The first-order valence-corrected chi connectivity index (χ1v) is 13.4. The Hall–Kier alpha value is -5.59. The molecule has 4 aromatic heterocycles. The molecule has 0 unspecified atom stereocenters. The maximum Gasteiger partial charge on any atom is 0.323 e. The summed E-state index contributed by atoms with van der Waals surface area (Å²) in [7, 11) is 3.29. The SMILES string of the molecule is CNc1ncc2cc(-c3ccc(F)c(NC(=O)Nc4cn(C(C)(C)C)nc4-c4ccc5ocnc5c4)c3)c(=O)n(C)c2n1. The van der Waals surface area contributed by atoms with E-state index in [1.807, 2.05) is 32.9 Å². The molecule has 4 heterocycles. The molecule has 6 aromatic rings. The van der Waals surface area contributed by atoms with Crippen molar-refractivity contribution >= 4 is 45.5 Å². The zero-order valence-corrected chi connectivity index (χ0v) is 24.1. The van der Waals surface area contributed by atoms with Crippen LogP contribution in [0.1, 0.15) is 20.8 Å². The van der Waals surface area contributed by atoms with E-state index in [0.29, 0.717) is 56.2 Å². The van der Waals surface area contributed by atoms with Crippen LogP contribution >= 0.6 is 0 Å². The molecule has 0 aliphatic carbocycles. The third kappa shape index (κ3) is 5.16. The molecule has 0 saturated heterocycles. The van der Waals surface area contributed by atoms with Gasteiger partial charge in [0.05, 0.1) is 16.9 Å². The number of amides is 2. The second-order valence-electron chi connectivity index (χ2n) is 11.0. The van der Waals surface area contributed by atoms with E-state index >= 15 is 0 Å². The van der Waals surface area contributed by atoms with Gasteiger partial charge in [-0.2, -0.15) is 10.1 Å². The van der Waals surface area contributed by atoms with Crippen molar-refractivity contribution in [1.29, 1.82) is 0 Å². The fourth-order valence-electron chi connectivity index (χ4n) is 4.67. The number of pyridine rings is 1. The Balaban J connectivity index is 1.32. The van der Waals surface area contributed by atoms with Crippen LogP contribution in [0.25, 0.3) is 44.5 Å². The first-order valence-electron chi connectivity index (χ1n) is 13.4. The quantitative estimate of drug-likeness (QED) is 0.239. The molecule has 0 radical (unpaired) electrons. The van der Waals surface area contributed by atoms with E-state index in [0.717, 1.165) is 0 Å². The van der Waals surface area contributed by atoms with Crippen molar-refractivity contribution in [2.24, 2.45) is 7.05 Å². The van der Waals surface area contributed by atoms with Gasteiger partial charge in [-0.1, -0.05) is 6.07 Å². The van der Waals surface area contributed by atoms with Crippen molar-refractivity contribution in [3.05, 3.63) is 77.4 Å². The maximum atomic E-state index is 14.9. The monoisotopic (exact) mass is 581 g/mol. The van der Waals surface area contributed by atoms with Crippen molar-refractivity contribution in [1.82, 2.24) is 29.3 Å². The number of urea groups is 1. The highest BCUT2D eigenvalue weighted by atomic mass is 19.1. The van der Waals surface area contributed by atoms with E-state index in [4.69, 9.17) is 9.52 Å². The third-order valence-electron chi connectivity index (χ3n) is 6.95. The molecular weight excluding hydrogens is 553 g/mol. The van der Waals surface area contributed by atoms with Crippen LogP contribution in [0.3, 0.4) is 0 Å². The lowest BCUT2D eigenvalue weighted by atomic mass is 10.1. The number of aryl methyl sites for hydroxylation is 1. The zero-order chi connectivity index (χ0) is 30.5. The number of rotatable bonds is 5. The van der Waals surface area contributed by atoms with Gasteiger partial charge in [-0.05, 0) is 62.7 Å². The van der Waals surface area contributed by atoms with E-state index in [1.54, 1.807) is 43.3 Å². The van der Waals surface area contributed by atoms with Crippen LogP contribution in [0.15, 0.2) is 70.5 Å². The summed E-state index contributed by atoms with van der Waals surface area (Å²) in [6.07, 6.45) is 4.68. The minimum atomic E-state index is -0.687. The Kier molecular flexibility index (Phi) is 6.64. The number of aromatic nitrogens is 6. The second kappa shape index (κ2) is 10.4. The molecule has 0 aliphatic heterocycles. The topological polar surface area (TPSA) is 145 Å². The van der Waals surface area contributed by atoms with Gasteiger partial charge >= 0.3 is 6.03 Å². The van der Waals surface area contributed by atoms with Crippen molar-refractivity contribution < 1.29 is 13.6 Å². The molecule has 2 amide bonds. The van der Waals surface area contributed by atoms with E-state index in [-0.39, 0.29) is 16.8 Å². The molecule has 0 saturated carbocycles. The summed E-state index contributed by atoms with van der Waals surface area (Å²) in [4.78, 5) is 39.2. The van der Waals surface area contributed by atoms with Gasteiger partial charge in [0, 0.05) is 43.0 Å². The summed E-state index contributed by atoms with van der Waals surface area (Å²) in [5, 5.41) is 13.6. The molecule has 0 atom stereocenters. The van der Waals surface area contributed by atoms with Crippen molar-refractivity contribution in [3.8, 4) is 22.4 Å². The number of fused-ring (bicyclic) bond motifs is 2. The van der Waals surface area contributed by atoms with Crippen molar-refractivity contribution in [2.45, 2.75) is 26.3 Å². The number of nitrogens with one attached hydrogen (secondary N) is 3. The summed E-state index contributed by atoms with van der Waals surface area (Å²) in [5.74, 6) is -0.287. The summed E-state index contributed by atoms with van der Waals surface area (Å²) < 4.78 is 23.4. The second-order valence-corrected chi connectivity index (χ2v) is 11.0. The number of halogens is 1. The number of hydrogen-bond donors (Lipinski definition) is 3. The molecule has 6 rings (SSSR count). The number of carbonyl (C=O) groups is 1. The van der Waals surface area contributed by atoms with Crippen LogP contribution < -0.4 is 21.5 Å². The fourth-order valence-corrected chi connectivity index (χ4v) is 4.67. The van der Waals surface area contributed by atoms with Crippen LogP contribution in [0.4, 0.5) is 26.5 Å². The van der Waals surface area contributed by atoms with Gasteiger partial charge in [0.25, 0.3) is 5.56 Å². The zero-order valence-electron chi connectivity index (χ0n) is 24.1. The smallest absolute Gasteiger partial charge is 0.323 e. The van der Waals surface area contributed by atoms with Gasteiger partial charge in [0.15, 0.2) is 12.0 Å². The van der Waals surface area contributed by atoms with Gasteiger partial charge in [0.2, 0.25) is 5.95 Å². The Morgan fingerprint density at radius 2 is 1.77 bits per heavy atom. The van der Waals surface area contributed by atoms with Crippen LogP contribution in [-0.4, -0.2) is 42.4 Å². The molecule has 218 valence electrons. The first kappa shape index (κ1) is 27.6. The molecule has 0 bridgehead atoms. The molecule has 0 aliphatic rings. The lowest BCUT2D eigenvalue weighted by Crippen LogP contribution is -2.22. The maximum absolute atomic E-state index is 14.9. The minimum absolute atomic E-state index is 0.104. The number of oxazole rings is 1. The first-order chi connectivity index (χ1) is 20.5. The van der Waals surface area contributed by atoms with Gasteiger partial charge in [0.1, 0.15) is 22.7 Å². The molecule has 2 aromatic carbocycles. The van der Waals surface area contributed by atoms with Crippen LogP contribution in [0.2, 0.25) is 0 Å². The summed E-state index contributed by atoms with van der Waals surface area (Å²) in [6.45, 7) is 5.95. The highest BCUT2D eigenvalue weighted by Gasteiger charge is 2.22. The number of anilines is 3. The number of hydrogen-bond acceptors (Lipinski definition) is 8. The van der Waals surface area contributed by atoms with Gasteiger partial charge < -0.3 is 20.4 Å². The Labute approximate surface area is 244 Å². The van der Waals surface area contributed by atoms with Crippen LogP contribution in [-0.2, 0) is 12.6 Å². The number of nitrogens with zero attached hydrogens (tertiary/aromatic N) is 6. The van der Waals surface area contributed by atoms with Gasteiger partial charge in [-0.25, -0.2) is 19.2 Å². The molecule has 43 heavy (non-hydrogen) atoms. The summed E-state index contributed by atoms with van der Waals surface area (Å²) >= 11 is 0. The lowest BCUT2D eigenvalue weighted by molar-refractivity contribution is 0.262. The molecule has 13 heteroatoms. The van der Waals surface area contributed by atoms with Crippen LogP contribution in [0.5, 0.6) is 0 Å². The predicted octanol–water partition coefficient (Wildman–Crippen LogP) is 5.58. The largest absolute Gasteiger partial charge is 0.443 e. The van der Waals surface area contributed by atoms with Gasteiger partial charge in [-0.15, -0.1) is 0 Å². The minimum Gasteiger partial charge on any atom is -0.443 e. The molecule has 0 spiro atoms. The van der Waals surface area contributed by atoms with Crippen molar-refractivity contribution in [3.63, 3.8) is 0 Å². The van der Waals surface area contributed by atoms with E-state index in [9.17, 15) is 14.0 Å². The Morgan fingerprint density at radius 1 is 1.00 bits per heavy atom. The standard InChI is InChI=1S/C30H28FN9O3/c1-30(2,3)40-14-23(25(38-40)17-7-9-24-22(12-17)34-15-43-24)36-29(42)35-21-11-16(6-8-20(21)31)19-10-18-13-33-28(32-4)37-26(18)39(5)27(19)41/h6-15H,1-5H3,(H,32,33,37)(H2,35,36,42). The Morgan fingerprint density at radius 3 is 2.53 bits per heavy atom. The normalized spacial score (nSPS) is 11.7. The number of carbonyl (C=O) groups excluding carboxylic acids is 1. The van der Waals surface area contributed by atoms with Gasteiger partial charge in [-0.3, -0.25) is 14.0 Å².